The van der Waals surface area contributed by atoms with E-state index in [1.54, 1.807) is 11.2 Å². The topological polar surface area (TPSA) is 74.0 Å². The SMILES string of the molecule is CCN(Cc1ccco1)C(=O)N1CCC(CC(=O)O)CC1. The Kier molecular flexibility index (Phi) is 5.25. The van der Waals surface area contributed by atoms with Crippen molar-refractivity contribution in [1.29, 1.82) is 0 Å². The highest BCUT2D eigenvalue weighted by Crippen LogP contribution is 2.21. The number of likely N-dealkylation sites (tertiary alicyclic amines) is 1. The minimum atomic E-state index is -0.757. The van der Waals surface area contributed by atoms with Gasteiger partial charge < -0.3 is 19.3 Å². The molecule has 1 fully saturated rings. The van der Waals surface area contributed by atoms with E-state index in [1.165, 1.54) is 0 Å². The number of carbonyl (C=O) groups is 2. The van der Waals surface area contributed by atoms with E-state index < -0.39 is 5.97 Å². The second kappa shape index (κ2) is 7.15. The first kappa shape index (κ1) is 15.4. The summed E-state index contributed by atoms with van der Waals surface area (Å²) >= 11 is 0. The highest BCUT2D eigenvalue weighted by molar-refractivity contribution is 5.74. The molecule has 1 aromatic rings. The lowest BCUT2D eigenvalue weighted by atomic mass is 9.94. The van der Waals surface area contributed by atoms with Gasteiger partial charge in [0, 0.05) is 26.1 Å². The molecule has 6 heteroatoms. The maximum absolute atomic E-state index is 12.5. The van der Waals surface area contributed by atoms with Gasteiger partial charge in [0.15, 0.2) is 0 Å². The molecular weight excluding hydrogens is 272 g/mol. The van der Waals surface area contributed by atoms with Crippen molar-refractivity contribution in [2.75, 3.05) is 19.6 Å². The molecule has 0 saturated carbocycles. The number of amides is 2. The molecule has 1 aliphatic heterocycles. The van der Waals surface area contributed by atoms with Crippen LogP contribution in [0.5, 0.6) is 0 Å². The average Bonchev–Trinajstić information content (AvgIpc) is 2.97. The molecule has 1 aromatic heterocycles. The number of hydrogen-bond donors (Lipinski definition) is 1. The van der Waals surface area contributed by atoms with Crippen LogP contribution in [0.1, 0.15) is 31.9 Å². The first-order chi connectivity index (χ1) is 10.1. The Morgan fingerprint density at radius 2 is 2.14 bits per heavy atom. The van der Waals surface area contributed by atoms with Gasteiger partial charge in [0.1, 0.15) is 5.76 Å². The van der Waals surface area contributed by atoms with Crippen LogP contribution in [0, 0.1) is 5.92 Å². The van der Waals surface area contributed by atoms with Gasteiger partial charge in [-0.05, 0) is 37.8 Å². The summed E-state index contributed by atoms with van der Waals surface area (Å²) in [4.78, 5) is 26.8. The van der Waals surface area contributed by atoms with Crippen LogP contribution in [-0.2, 0) is 11.3 Å². The van der Waals surface area contributed by atoms with Gasteiger partial charge in [0.05, 0.1) is 12.8 Å². The van der Waals surface area contributed by atoms with Gasteiger partial charge in [-0.15, -0.1) is 0 Å². The van der Waals surface area contributed by atoms with Crippen LogP contribution in [0.15, 0.2) is 22.8 Å². The molecule has 0 spiro atoms. The standard InChI is InChI=1S/C15H22N2O4/c1-2-16(11-13-4-3-9-21-13)15(20)17-7-5-12(6-8-17)10-14(18)19/h3-4,9,12H,2,5-8,10-11H2,1H3,(H,18,19). The molecule has 6 nitrogen and oxygen atoms in total. The second-order valence-electron chi connectivity index (χ2n) is 5.40. The minimum absolute atomic E-state index is 0.00248. The van der Waals surface area contributed by atoms with Gasteiger partial charge in [-0.25, -0.2) is 4.79 Å². The fourth-order valence-corrected chi connectivity index (χ4v) is 2.68. The quantitative estimate of drug-likeness (QED) is 0.905. The number of rotatable bonds is 5. The Labute approximate surface area is 124 Å². The third-order valence-corrected chi connectivity index (χ3v) is 3.93. The van der Waals surface area contributed by atoms with Gasteiger partial charge >= 0.3 is 12.0 Å². The molecule has 1 saturated heterocycles. The predicted molar refractivity (Wildman–Crippen MR) is 76.7 cm³/mol. The second-order valence-corrected chi connectivity index (χ2v) is 5.40. The van der Waals surface area contributed by atoms with E-state index in [2.05, 4.69) is 0 Å². The fourth-order valence-electron chi connectivity index (χ4n) is 2.68. The summed E-state index contributed by atoms with van der Waals surface area (Å²) in [6.07, 6.45) is 3.32. The van der Waals surface area contributed by atoms with Crippen molar-refractivity contribution >= 4 is 12.0 Å². The molecule has 0 bridgehead atoms. The number of hydrogen-bond acceptors (Lipinski definition) is 3. The van der Waals surface area contributed by atoms with Crippen molar-refractivity contribution < 1.29 is 19.1 Å². The molecule has 1 N–H and O–H groups in total. The first-order valence-electron chi connectivity index (χ1n) is 7.38. The number of piperidine rings is 1. The van der Waals surface area contributed by atoms with Crippen molar-refractivity contribution in [2.24, 2.45) is 5.92 Å². The number of aliphatic carboxylic acids is 1. The van der Waals surface area contributed by atoms with E-state index in [0.29, 0.717) is 26.2 Å². The molecule has 0 aromatic carbocycles. The van der Waals surface area contributed by atoms with Gasteiger partial charge in [-0.3, -0.25) is 4.79 Å². The minimum Gasteiger partial charge on any atom is -0.481 e. The Hall–Kier alpha value is -1.98. The van der Waals surface area contributed by atoms with E-state index in [9.17, 15) is 9.59 Å². The smallest absolute Gasteiger partial charge is 0.320 e. The van der Waals surface area contributed by atoms with Gasteiger partial charge in [-0.2, -0.15) is 0 Å². The van der Waals surface area contributed by atoms with Crippen molar-refractivity contribution in [1.82, 2.24) is 9.80 Å². The molecule has 2 heterocycles. The van der Waals surface area contributed by atoms with Crippen LogP contribution in [0.25, 0.3) is 0 Å². The van der Waals surface area contributed by atoms with E-state index >= 15 is 0 Å². The van der Waals surface area contributed by atoms with E-state index in [4.69, 9.17) is 9.52 Å². The average molecular weight is 294 g/mol. The molecule has 0 unspecified atom stereocenters. The van der Waals surface area contributed by atoms with Crippen molar-refractivity contribution in [2.45, 2.75) is 32.7 Å². The predicted octanol–water partition coefficient (Wildman–Crippen LogP) is 2.41. The van der Waals surface area contributed by atoms with E-state index in [-0.39, 0.29) is 18.4 Å². The summed E-state index contributed by atoms with van der Waals surface area (Å²) < 4.78 is 5.29. The lowest BCUT2D eigenvalue weighted by Gasteiger charge is -2.35. The highest BCUT2D eigenvalue weighted by Gasteiger charge is 2.27. The molecule has 2 amide bonds. The summed E-state index contributed by atoms with van der Waals surface area (Å²) in [6.45, 7) is 4.29. The summed E-state index contributed by atoms with van der Waals surface area (Å²) in [7, 11) is 0. The van der Waals surface area contributed by atoms with Crippen LogP contribution in [-0.4, -0.2) is 46.5 Å². The zero-order valence-corrected chi connectivity index (χ0v) is 12.3. The molecule has 0 radical (unpaired) electrons. The lowest BCUT2D eigenvalue weighted by molar-refractivity contribution is -0.138. The molecule has 21 heavy (non-hydrogen) atoms. The van der Waals surface area contributed by atoms with Crippen molar-refractivity contribution in [3.63, 3.8) is 0 Å². The van der Waals surface area contributed by atoms with Gasteiger partial charge in [0.25, 0.3) is 0 Å². The Morgan fingerprint density at radius 3 is 2.67 bits per heavy atom. The van der Waals surface area contributed by atoms with Crippen LogP contribution in [0.4, 0.5) is 4.79 Å². The first-order valence-corrected chi connectivity index (χ1v) is 7.38. The van der Waals surface area contributed by atoms with Crippen LogP contribution < -0.4 is 0 Å². The highest BCUT2D eigenvalue weighted by atomic mass is 16.4. The monoisotopic (exact) mass is 294 g/mol. The number of nitrogens with zero attached hydrogens (tertiary/aromatic N) is 2. The lowest BCUT2D eigenvalue weighted by Crippen LogP contribution is -2.46. The Bertz CT molecular complexity index is 464. The maximum Gasteiger partial charge on any atom is 0.320 e. The van der Waals surface area contributed by atoms with Crippen LogP contribution in [0.2, 0.25) is 0 Å². The third kappa shape index (κ3) is 4.24. The van der Waals surface area contributed by atoms with Crippen LogP contribution in [0.3, 0.4) is 0 Å². The number of carboxylic acids is 1. The molecule has 116 valence electrons. The molecule has 2 rings (SSSR count). The summed E-state index contributed by atoms with van der Waals surface area (Å²) in [6, 6.07) is 3.67. The normalized spacial score (nSPS) is 16.0. The molecular formula is C15H22N2O4. The Balaban J connectivity index is 1.86. The zero-order chi connectivity index (χ0) is 15.2. The number of carbonyl (C=O) groups excluding carboxylic acids is 1. The maximum atomic E-state index is 12.5. The van der Waals surface area contributed by atoms with E-state index in [0.717, 1.165) is 18.6 Å². The molecule has 1 aliphatic rings. The molecule has 0 atom stereocenters. The number of furan rings is 1. The van der Waals surface area contributed by atoms with Crippen molar-refractivity contribution in [3.8, 4) is 0 Å². The number of carboxylic acid groups (broad SMARTS) is 1. The summed E-state index contributed by atoms with van der Waals surface area (Å²) in [5.41, 5.74) is 0. The van der Waals surface area contributed by atoms with E-state index in [1.807, 2.05) is 24.0 Å². The summed E-state index contributed by atoms with van der Waals surface area (Å²) in [5, 5.41) is 8.81. The summed E-state index contributed by atoms with van der Waals surface area (Å²) in [5.74, 6) is 0.199. The van der Waals surface area contributed by atoms with Crippen molar-refractivity contribution in [3.05, 3.63) is 24.2 Å². The third-order valence-electron chi connectivity index (χ3n) is 3.93. The zero-order valence-electron chi connectivity index (χ0n) is 12.3. The van der Waals surface area contributed by atoms with Gasteiger partial charge in [-0.1, -0.05) is 0 Å². The van der Waals surface area contributed by atoms with Crippen LogP contribution >= 0.6 is 0 Å². The number of urea groups is 1. The van der Waals surface area contributed by atoms with Gasteiger partial charge in [0.2, 0.25) is 0 Å². The Morgan fingerprint density at radius 1 is 1.43 bits per heavy atom. The fraction of sp³-hybridized carbons (Fsp3) is 0.600. The largest absolute Gasteiger partial charge is 0.481 e. The molecule has 0 aliphatic carbocycles.